The van der Waals surface area contributed by atoms with Crippen LogP contribution in [0.15, 0.2) is 27.6 Å². The second-order valence-corrected chi connectivity index (χ2v) is 9.41. The van der Waals surface area contributed by atoms with Gasteiger partial charge in [-0.2, -0.15) is 17.5 Å². The molecule has 1 unspecified atom stereocenters. The molecule has 11 heteroatoms. The van der Waals surface area contributed by atoms with Crippen molar-refractivity contribution in [3.63, 3.8) is 0 Å². The lowest BCUT2D eigenvalue weighted by atomic mass is 10.2. The SMILES string of the molecule is CCC(C)OC(=O)N1CCN(S(=O)(=O)c2cc(C(F)(F)F)ccc2Br)C[C@@H]1C. The average molecular weight is 487 g/mol. The number of ether oxygens (including phenoxy) is 1. The predicted molar refractivity (Wildman–Crippen MR) is 100 cm³/mol. The average Bonchev–Trinajstić information content (AvgIpc) is 2.60. The Morgan fingerprint density at radius 3 is 2.54 bits per heavy atom. The summed E-state index contributed by atoms with van der Waals surface area (Å²) in [6.07, 6.45) is -4.80. The number of alkyl halides is 3. The van der Waals surface area contributed by atoms with E-state index in [2.05, 4.69) is 15.9 Å². The fraction of sp³-hybridized carbons (Fsp3) is 0.588. The minimum absolute atomic E-state index is 0.0367. The van der Waals surface area contributed by atoms with Gasteiger partial charge in [0.05, 0.1) is 10.5 Å². The van der Waals surface area contributed by atoms with E-state index in [0.717, 1.165) is 16.4 Å². The topological polar surface area (TPSA) is 66.9 Å². The van der Waals surface area contributed by atoms with E-state index >= 15 is 0 Å². The van der Waals surface area contributed by atoms with Crippen molar-refractivity contribution in [3.8, 4) is 0 Å². The first-order chi connectivity index (χ1) is 12.9. The van der Waals surface area contributed by atoms with Crippen molar-refractivity contribution in [2.75, 3.05) is 19.6 Å². The van der Waals surface area contributed by atoms with Gasteiger partial charge in [-0.25, -0.2) is 13.2 Å². The highest BCUT2D eigenvalue weighted by atomic mass is 79.9. The number of rotatable bonds is 4. The number of nitrogens with zero attached hydrogens (tertiary/aromatic N) is 2. The van der Waals surface area contributed by atoms with E-state index in [4.69, 9.17) is 4.74 Å². The maximum Gasteiger partial charge on any atom is 0.416 e. The molecule has 2 atom stereocenters. The third kappa shape index (κ3) is 4.98. The van der Waals surface area contributed by atoms with E-state index in [1.54, 1.807) is 13.8 Å². The van der Waals surface area contributed by atoms with Gasteiger partial charge in [-0.3, -0.25) is 0 Å². The number of halogens is 4. The van der Waals surface area contributed by atoms with Crippen LogP contribution in [0.3, 0.4) is 0 Å². The zero-order valence-corrected chi connectivity index (χ0v) is 18.1. The second kappa shape index (κ2) is 8.58. The van der Waals surface area contributed by atoms with Gasteiger partial charge in [0.15, 0.2) is 0 Å². The summed E-state index contributed by atoms with van der Waals surface area (Å²) >= 11 is 3.03. The van der Waals surface area contributed by atoms with Crippen molar-refractivity contribution in [2.24, 2.45) is 0 Å². The summed E-state index contributed by atoms with van der Waals surface area (Å²) in [7, 11) is -4.18. The van der Waals surface area contributed by atoms with Crippen LogP contribution in [0.4, 0.5) is 18.0 Å². The fourth-order valence-electron chi connectivity index (χ4n) is 2.75. The van der Waals surface area contributed by atoms with E-state index in [0.29, 0.717) is 12.5 Å². The van der Waals surface area contributed by atoms with Gasteiger partial charge >= 0.3 is 12.3 Å². The van der Waals surface area contributed by atoms with Crippen LogP contribution in [-0.2, 0) is 20.9 Å². The summed E-state index contributed by atoms with van der Waals surface area (Å²) in [6, 6.07) is 2.02. The normalized spacial score (nSPS) is 20.1. The Hall–Kier alpha value is -1.33. The molecule has 1 aromatic carbocycles. The lowest BCUT2D eigenvalue weighted by Crippen LogP contribution is -2.55. The molecule has 1 amide bonds. The highest BCUT2D eigenvalue weighted by Gasteiger charge is 2.38. The summed E-state index contributed by atoms with van der Waals surface area (Å²) in [5, 5.41) is 0. The van der Waals surface area contributed by atoms with Crippen molar-refractivity contribution in [3.05, 3.63) is 28.2 Å². The molecule has 2 rings (SSSR count). The third-order valence-electron chi connectivity index (χ3n) is 4.58. The molecule has 0 N–H and O–H groups in total. The van der Waals surface area contributed by atoms with Crippen LogP contribution in [0, 0.1) is 0 Å². The Balaban J connectivity index is 2.22. The number of carbonyl (C=O) groups is 1. The monoisotopic (exact) mass is 486 g/mol. The van der Waals surface area contributed by atoms with Crippen LogP contribution in [-0.4, -0.2) is 55.5 Å². The van der Waals surface area contributed by atoms with Crippen LogP contribution in [0.1, 0.15) is 32.8 Å². The molecule has 28 heavy (non-hydrogen) atoms. The van der Waals surface area contributed by atoms with Crippen LogP contribution in [0.2, 0.25) is 0 Å². The predicted octanol–water partition coefficient (Wildman–Crippen LogP) is 4.10. The highest BCUT2D eigenvalue weighted by molar-refractivity contribution is 9.10. The van der Waals surface area contributed by atoms with Crippen molar-refractivity contribution in [1.29, 1.82) is 0 Å². The third-order valence-corrected chi connectivity index (χ3v) is 7.44. The number of sulfonamides is 1. The van der Waals surface area contributed by atoms with Gasteiger partial charge in [-0.15, -0.1) is 0 Å². The van der Waals surface area contributed by atoms with Gasteiger partial charge in [0.25, 0.3) is 0 Å². The smallest absolute Gasteiger partial charge is 0.416 e. The molecule has 0 bridgehead atoms. The van der Waals surface area contributed by atoms with Gasteiger partial charge in [-0.1, -0.05) is 6.92 Å². The Morgan fingerprint density at radius 2 is 2.00 bits per heavy atom. The Bertz CT molecular complexity index is 832. The molecule has 1 aliphatic heterocycles. The van der Waals surface area contributed by atoms with Gasteiger partial charge < -0.3 is 9.64 Å². The van der Waals surface area contributed by atoms with Gasteiger partial charge in [0.2, 0.25) is 10.0 Å². The number of hydrogen-bond donors (Lipinski definition) is 0. The molecule has 158 valence electrons. The quantitative estimate of drug-likeness (QED) is 0.642. The zero-order chi connectivity index (χ0) is 21.3. The van der Waals surface area contributed by atoms with Gasteiger partial charge in [0, 0.05) is 30.1 Å². The summed E-state index contributed by atoms with van der Waals surface area (Å²) in [5.74, 6) is 0. The number of hydrogen-bond acceptors (Lipinski definition) is 4. The first kappa shape index (κ1) is 23.0. The van der Waals surface area contributed by atoms with Gasteiger partial charge in [0.1, 0.15) is 6.10 Å². The van der Waals surface area contributed by atoms with Crippen molar-refractivity contribution in [2.45, 2.75) is 50.4 Å². The van der Waals surface area contributed by atoms with Crippen LogP contribution in [0.25, 0.3) is 0 Å². The molecule has 1 aromatic rings. The Morgan fingerprint density at radius 1 is 1.36 bits per heavy atom. The summed E-state index contributed by atoms with van der Waals surface area (Å²) in [4.78, 5) is 13.2. The maximum absolute atomic E-state index is 13.0. The second-order valence-electron chi connectivity index (χ2n) is 6.65. The van der Waals surface area contributed by atoms with Crippen LogP contribution in [0.5, 0.6) is 0 Å². The van der Waals surface area contributed by atoms with Crippen molar-refractivity contribution in [1.82, 2.24) is 9.21 Å². The molecule has 1 aliphatic rings. The molecule has 1 heterocycles. The minimum atomic E-state index is -4.66. The molecular weight excluding hydrogens is 465 g/mol. The molecule has 0 aliphatic carbocycles. The van der Waals surface area contributed by atoms with Crippen LogP contribution >= 0.6 is 15.9 Å². The van der Waals surface area contributed by atoms with E-state index in [9.17, 15) is 26.4 Å². The molecule has 0 saturated carbocycles. The summed E-state index contributed by atoms with van der Waals surface area (Å²) < 4.78 is 71.2. The minimum Gasteiger partial charge on any atom is -0.446 e. The van der Waals surface area contributed by atoms with E-state index < -0.39 is 38.8 Å². The van der Waals surface area contributed by atoms with E-state index in [1.807, 2.05) is 6.92 Å². The maximum atomic E-state index is 13.0. The molecule has 6 nitrogen and oxygen atoms in total. The standard InChI is InChI=1S/C17H22BrF3N2O4S/c1-4-12(3)27-16(24)23-8-7-22(10-11(23)2)28(25,26)15-9-13(17(19,20)21)5-6-14(15)18/h5-6,9,11-12H,4,7-8,10H2,1-3H3/t11-,12?/m0/s1. The highest BCUT2D eigenvalue weighted by Crippen LogP contribution is 2.35. The Kier molecular flexibility index (Phi) is 7.03. The van der Waals surface area contributed by atoms with Crippen LogP contribution < -0.4 is 0 Å². The zero-order valence-electron chi connectivity index (χ0n) is 15.7. The lowest BCUT2D eigenvalue weighted by molar-refractivity contribution is -0.137. The van der Waals surface area contributed by atoms with E-state index in [-0.39, 0.29) is 30.2 Å². The molecule has 0 aromatic heterocycles. The fourth-order valence-corrected chi connectivity index (χ4v) is 5.22. The first-order valence-electron chi connectivity index (χ1n) is 8.72. The van der Waals surface area contributed by atoms with Crippen molar-refractivity contribution < 1.29 is 31.1 Å². The number of carbonyl (C=O) groups excluding carboxylic acids is 1. The molecule has 0 radical (unpaired) electrons. The van der Waals surface area contributed by atoms with Gasteiger partial charge in [-0.05, 0) is 54.4 Å². The number of piperazine rings is 1. The van der Waals surface area contributed by atoms with Crippen molar-refractivity contribution >= 4 is 32.0 Å². The molecule has 1 saturated heterocycles. The summed E-state index contributed by atoms with van der Waals surface area (Å²) in [6.45, 7) is 5.31. The molecular formula is C17H22BrF3N2O4S. The summed E-state index contributed by atoms with van der Waals surface area (Å²) in [5.41, 5.74) is -1.04. The molecule has 1 fully saturated rings. The first-order valence-corrected chi connectivity index (χ1v) is 10.9. The lowest BCUT2D eigenvalue weighted by Gasteiger charge is -2.38. The number of amides is 1. The number of benzene rings is 1. The Labute approximate surface area is 170 Å². The molecule has 0 spiro atoms. The van der Waals surface area contributed by atoms with E-state index in [1.165, 1.54) is 4.90 Å². The largest absolute Gasteiger partial charge is 0.446 e.